The molecule has 0 saturated heterocycles. The van der Waals surface area contributed by atoms with Gasteiger partial charge in [-0.1, -0.05) is 0 Å². The van der Waals surface area contributed by atoms with E-state index in [0.29, 0.717) is 11.7 Å². The van der Waals surface area contributed by atoms with Crippen molar-refractivity contribution in [1.82, 2.24) is 24.4 Å². The van der Waals surface area contributed by atoms with Crippen molar-refractivity contribution >= 4 is 16.9 Å². The number of pyridine rings is 1. The van der Waals surface area contributed by atoms with Gasteiger partial charge >= 0.3 is 0 Å². The number of aryl methyl sites for hydroxylation is 1. The summed E-state index contributed by atoms with van der Waals surface area (Å²) in [6, 6.07) is 6.87. The molecule has 0 atom stereocenters. The average Bonchev–Trinajstić information content (AvgIpc) is 3.22. The molecule has 3 heterocycles. The molecule has 1 aliphatic carbocycles. The first-order valence-corrected chi connectivity index (χ1v) is 8.41. The Morgan fingerprint density at radius 3 is 2.79 bits per heavy atom. The number of fused-ring (bicyclic) bond motifs is 1. The highest BCUT2D eigenvalue weighted by molar-refractivity contribution is 5.92. The molecule has 6 nitrogen and oxygen atoms in total. The summed E-state index contributed by atoms with van der Waals surface area (Å²) in [5, 5.41) is 4.30. The van der Waals surface area contributed by atoms with Crippen LogP contribution in [0.3, 0.4) is 0 Å². The van der Waals surface area contributed by atoms with E-state index in [1.165, 1.54) is 5.39 Å². The van der Waals surface area contributed by atoms with Crippen LogP contribution in [-0.2, 0) is 7.05 Å². The number of amides is 1. The molecular weight excluding hydrogens is 302 g/mol. The van der Waals surface area contributed by atoms with E-state index in [1.54, 1.807) is 17.1 Å². The summed E-state index contributed by atoms with van der Waals surface area (Å²) in [4.78, 5) is 20.8. The summed E-state index contributed by atoms with van der Waals surface area (Å²) in [5.74, 6) is -0.0767. The van der Waals surface area contributed by atoms with Crippen molar-refractivity contribution in [2.24, 2.45) is 7.05 Å². The lowest BCUT2D eigenvalue weighted by atomic mass is 9.91. The molecule has 3 aromatic rings. The van der Waals surface area contributed by atoms with Crippen LogP contribution >= 0.6 is 0 Å². The van der Waals surface area contributed by atoms with Crippen molar-refractivity contribution in [2.75, 3.05) is 0 Å². The first kappa shape index (κ1) is 14.9. The molecule has 0 aromatic carbocycles. The van der Waals surface area contributed by atoms with E-state index in [4.69, 9.17) is 0 Å². The molecule has 0 bridgehead atoms. The highest BCUT2D eigenvalue weighted by Gasteiger charge is 2.25. The van der Waals surface area contributed by atoms with Crippen molar-refractivity contribution in [2.45, 2.75) is 37.8 Å². The third kappa shape index (κ3) is 2.79. The molecule has 0 unspecified atom stereocenters. The SMILES string of the molecule is Cn1cnc(C(=O)NC2CCC(n3ccc4cccnc43)CC2)c1. The predicted octanol–water partition coefficient (Wildman–Crippen LogP) is 2.68. The second-order valence-corrected chi connectivity index (χ2v) is 6.54. The molecule has 0 spiro atoms. The minimum atomic E-state index is -0.0767. The van der Waals surface area contributed by atoms with Crippen molar-refractivity contribution in [3.8, 4) is 0 Å². The summed E-state index contributed by atoms with van der Waals surface area (Å²) in [6.07, 6.45) is 11.4. The maximum atomic E-state index is 12.2. The number of nitrogens with one attached hydrogen (secondary N) is 1. The zero-order valence-corrected chi connectivity index (χ0v) is 13.7. The van der Waals surface area contributed by atoms with Gasteiger partial charge in [-0.3, -0.25) is 4.79 Å². The molecule has 24 heavy (non-hydrogen) atoms. The number of rotatable bonds is 3. The van der Waals surface area contributed by atoms with E-state index in [-0.39, 0.29) is 11.9 Å². The lowest BCUT2D eigenvalue weighted by Gasteiger charge is -2.30. The van der Waals surface area contributed by atoms with Crippen molar-refractivity contribution in [1.29, 1.82) is 0 Å². The van der Waals surface area contributed by atoms with E-state index in [1.807, 2.05) is 19.3 Å². The van der Waals surface area contributed by atoms with Crippen LogP contribution in [0.15, 0.2) is 43.1 Å². The fourth-order valence-electron chi connectivity index (χ4n) is 3.57. The zero-order chi connectivity index (χ0) is 16.5. The third-order valence-corrected chi connectivity index (χ3v) is 4.84. The van der Waals surface area contributed by atoms with E-state index < -0.39 is 0 Å². The van der Waals surface area contributed by atoms with E-state index in [9.17, 15) is 4.79 Å². The van der Waals surface area contributed by atoms with Gasteiger partial charge in [-0.2, -0.15) is 0 Å². The molecule has 1 N–H and O–H groups in total. The van der Waals surface area contributed by atoms with Crippen LogP contribution in [-0.4, -0.2) is 31.1 Å². The van der Waals surface area contributed by atoms with Crippen LogP contribution in [0.5, 0.6) is 0 Å². The van der Waals surface area contributed by atoms with Crippen LogP contribution in [0.4, 0.5) is 0 Å². The van der Waals surface area contributed by atoms with Gasteiger partial charge in [0.2, 0.25) is 0 Å². The number of hydrogen-bond donors (Lipinski definition) is 1. The fraction of sp³-hybridized carbons (Fsp3) is 0.389. The number of aromatic nitrogens is 4. The second-order valence-electron chi connectivity index (χ2n) is 6.54. The van der Waals surface area contributed by atoms with Gasteiger partial charge < -0.3 is 14.5 Å². The van der Waals surface area contributed by atoms with E-state index in [0.717, 1.165) is 31.3 Å². The number of hydrogen-bond acceptors (Lipinski definition) is 3. The molecule has 0 radical (unpaired) electrons. The van der Waals surface area contributed by atoms with Crippen molar-refractivity contribution < 1.29 is 4.79 Å². The Kier molecular flexibility index (Phi) is 3.80. The number of carbonyl (C=O) groups is 1. The van der Waals surface area contributed by atoms with Gasteiger partial charge in [-0.15, -0.1) is 0 Å². The molecule has 1 fully saturated rings. The molecule has 1 amide bonds. The Bertz CT molecular complexity index is 857. The highest BCUT2D eigenvalue weighted by atomic mass is 16.2. The van der Waals surface area contributed by atoms with Gasteiger partial charge in [0.15, 0.2) is 0 Å². The number of imidazole rings is 1. The molecule has 0 aliphatic heterocycles. The Balaban J connectivity index is 1.39. The molecular formula is C18H21N5O. The quantitative estimate of drug-likeness (QED) is 0.806. The Hall–Kier alpha value is -2.63. The largest absolute Gasteiger partial charge is 0.348 e. The molecule has 4 rings (SSSR count). The number of nitrogens with zero attached hydrogens (tertiary/aromatic N) is 4. The van der Waals surface area contributed by atoms with Gasteiger partial charge in [0.1, 0.15) is 11.3 Å². The molecule has 124 valence electrons. The van der Waals surface area contributed by atoms with Crippen LogP contribution < -0.4 is 5.32 Å². The summed E-state index contributed by atoms with van der Waals surface area (Å²) >= 11 is 0. The predicted molar refractivity (Wildman–Crippen MR) is 91.7 cm³/mol. The standard InChI is InChI=1S/C18H21N5O/c1-22-11-16(20-12-22)18(24)21-14-4-6-15(7-5-14)23-10-8-13-3-2-9-19-17(13)23/h2-3,8-12,14-15H,4-7H2,1H3,(H,21,24). The third-order valence-electron chi connectivity index (χ3n) is 4.84. The molecule has 1 saturated carbocycles. The summed E-state index contributed by atoms with van der Waals surface area (Å²) in [7, 11) is 1.87. The van der Waals surface area contributed by atoms with Crippen molar-refractivity contribution in [3.05, 3.63) is 48.8 Å². The summed E-state index contributed by atoms with van der Waals surface area (Å²) < 4.78 is 4.07. The minimum Gasteiger partial charge on any atom is -0.348 e. The molecule has 1 aliphatic rings. The van der Waals surface area contributed by atoms with Crippen LogP contribution in [0, 0.1) is 0 Å². The van der Waals surface area contributed by atoms with Crippen LogP contribution in [0.1, 0.15) is 42.2 Å². The van der Waals surface area contributed by atoms with Gasteiger partial charge in [-0.05, 0) is 43.9 Å². The van der Waals surface area contributed by atoms with Crippen molar-refractivity contribution in [3.63, 3.8) is 0 Å². The Morgan fingerprint density at radius 1 is 1.21 bits per heavy atom. The zero-order valence-electron chi connectivity index (χ0n) is 13.7. The fourth-order valence-corrected chi connectivity index (χ4v) is 3.57. The van der Waals surface area contributed by atoms with Gasteiger partial charge in [-0.25, -0.2) is 9.97 Å². The first-order chi connectivity index (χ1) is 11.7. The average molecular weight is 323 g/mol. The Morgan fingerprint density at radius 2 is 2.04 bits per heavy atom. The normalized spacial score (nSPS) is 21.0. The van der Waals surface area contributed by atoms with E-state index >= 15 is 0 Å². The maximum absolute atomic E-state index is 12.2. The molecule has 3 aromatic heterocycles. The Labute approximate surface area is 140 Å². The number of carbonyl (C=O) groups excluding carboxylic acids is 1. The lowest BCUT2D eigenvalue weighted by molar-refractivity contribution is 0.0918. The lowest BCUT2D eigenvalue weighted by Crippen LogP contribution is -2.38. The van der Waals surface area contributed by atoms with Gasteiger partial charge in [0.25, 0.3) is 5.91 Å². The monoisotopic (exact) mass is 323 g/mol. The highest BCUT2D eigenvalue weighted by Crippen LogP contribution is 2.31. The summed E-state index contributed by atoms with van der Waals surface area (Å²) in [6.45, 7) is 0. The maximum Gasteiger partial charge on any atom is 0.271 e. The first-order valence-electron chi connectivity index (χ1n) is 8.41. The summed E-state index contributed by atoms with van der Waals surface area (Å²) in [5.41, 5.74) is 1.54. The minimum absolute atomic E-state index is 0.0767. The van der Waals surface area contributed by atoms with Crippen LogP contribution in [0.25, 0.3) is 11.0 Å². The van der Waals surface area contributed by atoms with E-state index in [2.05, 4.69) is 38.2 Å². The molecule has 6 heteroatoms. The second kappa shape index (κ2) is 6.11. The topological polar surface area (TPSA) is 64.7 Å². The van der Waals surface area contributed by atoms with Crippen LogP contribution in [0.2, 0.25) is 0 Å². The smallest absolute Gasteiger partial charge is 0.271 e. The van der Waals surface area contributed by atoms with Gasteiger partial charge in [0, 0.05) is 43.1 Å². The van der Waals surface area contributed by atoms with Gasteiger partial charge in [0.05, 0.1) is 6.33 Å².